The Hall–Kier alpha value is -0.730. The van der Waals surface area contributed by atoms with Crippen LogP contribution < -0.4 is 5.32 Å². The lowest BCUT2D eigenvalue weighted by atomic mass is 10.0. The molecule has 1 atom stereocenters. The van der Waals surface area contributed by atoms with Gasteiger partial charge in [0.15, 0.2) is 0 Å². The fourth-order valence-electron chi connectivity index (χ4n) is 10.6. The molecule has 0 amide bonds. The number of nitrogens with zero attached hydrogens (tertiary/aromatic N) is 3. The number of aliphatic hydroxyl groups excluding tert-OH is 1. The molecule has 1 unspecified atom stereocenters. The van der Waals surface area contributed by atoms with Gasteiger partial charge in [-0.2, -0.15) is 0 Å². The second-order valence-electron chi connectivity index (χ2n) is 22.5. The van der Waals surface area contributed by atoms with Crippen LogP contribution in [0.2, 0.25) is 0 Å². The molecule has 0 aromatic heterocycles. The molecular weight excluding hydrogens is 873 g/mol. The molecule has 0 spiro atoms. The van der Waals surface area contributed by atoms with Crippen LogP contribution in [-0.4, -0.2) is 104 Å². The first-order chi connectivity index (χ1) is 35.0. The van der Waals surface area contributed by atoms with Gasteiger partial charge in [-0.15, -0.1) is 0 Å². The lowest BCUT2D eigenvalue weighted by Crippen LogP contribution is -2.39. The second kappa shape index (κ2) is 60.1. The number of unbranched alkanes of at least 4 members (excludes halogenated alkanes) is 36. The number of rotatable bonds is 62. The maximum absolute atomic E-state index is 12.5. The summed E-state index contributed by atoms with van der Waals surface area (Å²) in [7, 11) is 0. The number of carbonyl (C=O) groups is 1. The molecule has 426 valence electrons. The molecule has 0 heterocycles. The van der Waals surface area contributed by atoms with Crippen molar-refractivity contribution in [3.63, 3.8) is 0 Å². The standard InChI is InChI=1S/C64H132N4O3/c1-6-11-15-19-23-26-28-29-30-32-35-38-43-52-65-53-61-67(56-45-40-37-34-31-27-24-20-16-12-7-2)58-48-50-63(69)68(54-10-5)60-49-59-66(55-44-39-36-33-25-21-17-13-8-3)57-46-42-51-64(70)71-62-47-41-22-18-14-9-4/h63,65,69H,6-62H2,1-5H3. The maximum Gasteiger partial charge on any atom is 0.305 e. The van der Waals surface area contributed by atoms with Gasteiger partial charge in [0, 0.05) is 32.6 Å². The van der Waals surface area contributed by atoms with E-state index >= 15 is 0 Å². The highest BCUT2D eigenvalue weighted by Gasteiger charge is 2.17. The predicted molar refractivity (Wildman–Crippen MR) is 315 cm³/mol. The molecule has 0 fully saturated rings. The summed E-state index contributed by atoms with van der Waals surface area (Å²) in [5.74, 6) is -0.0117. The third kappa shape index (κ3) is 53.9. The molecule has 0 bridgehead atoms. The maximum atomic E-state index is 12.5. The van der Waals surface area contributed by atoms with E-state index in [2.05, 4.69) is 54.6 Å². The van der Waals surface area contributed by atoms with Gasteiger partial charge in [-0.1, -0.05) is 259 Å². The number of carbonyl (C=O) groups excluding carboxylic acids is 1. The smallest absolute Gasteiger partial charge is 0.305 e. The van der Waals surface area contributed by atoms with Crippen molar-refractivity contribution in [3.8, 4) is 0 Å². The highest BCUT2D eigenvalue weighted by molar-refractivity contribution is 5.69. The molecule has 71 heavy (non-hydrogen) atoms. The molecule has 0 aliphatic heterocycles. The highest BCUT2D eigenvalue weighted by Crippen LogP contribution is 2.16. The van der Waals surface area contributed by atoms with E-state index in [1.807, 2.05) is 0 Å². The zero-order chi connectivity index (χ0) is 51.6. The average molecular weight is 1010 g/mol. The SMILES string of the molecule is CCCCCCCCCCCCCCCNCCN(CCCCCCCCCCCCC)CCCC(O)N(CCC)CCCN(CCCCCCCCCCC)CCCCC(=O)OCCCCCCCC. The van der Waals surface area contributed by atoms with Crippen molar-refractivity contribution in [2.75, 3.05) is 72.1 Å². The number of esters is 1. The third-order valence-electron chi connectivity index (χ3n) is 15.4. The van der Waals surface area contributed by atoms with Crippen molar-refractivity contribution in [1.29, 1.82) is 0 Å². The number of nitrogens with one attached hydrogen (secondary N) is 1. The summed E-state index contributed by atoms with van der Waals surface area (Å²) in [6, 6.07) is 0. The average Bonchev–Trinajstić information content (AvgIpc) is 3.37. The number of ether oxygens (including phenoxy) is 1. The molecule has 0 aliphatic carbocycles. The predicted octanol–water partition coefficient (Wildman–Crippen LogP) is 18.4. The summed E-state index contributed by atoms with van der Waals surface area (Å²) in [6.07, 6.45) is 59.4. The summed E-state index contributed by atoms with van der Waals surface area (Å²) < 4.78 is 5.58. The van der Waals surface area contributed by atoms with Crippen LogP contribution in [0.25, 0.3) is 0 Å². The quantitative estimate of drug-likeness (QED) is 0.0357. The van der Waals surface area contributed by atoms with E-state index in [0.29, 0.717) is 13.0 Å². The molecule has 7 heteroatoms. The monoisotopic (exact) mass is 1010 g/mol. The van der Waals surface area contributed by atoms with Crippen molar-refractivity contribution < 1.29 is 14.6 Å². The Morgan fingerprint density at radius 1 is 0.352 bits per heavy atom. The van der Waals surface area contributed by atoms with E-state index in [9.17, 15) is 9.90 Å². The van der Waals surface area contributed by atoms with Gasteiger partial charge in [-0.05, 0) is 103 Å². The van der Waals surface area contributed by atoms with Gasteiger partial charge < -0.3 is 25.0 Å². The fourth-order valence-corrected chi connectivity index (χ4v) is 10.6. The first kappa shape index (κ1) is 70.3. The molecule has 7 nitrogen and oxygen atoms in total. The summed E-state index contributed by atoms with van der Waals surface area (Å²) >= 11 is 0. The Bertz CT molecular complexity index is 1000. The van der Waals surface area contributed by atoms with Gasteiger partial charge in [-0.3, -0.25) is 9.69 Å². The van der Waals surface area contributed by atoms with Gasteiger partial charge in [0.1, 0.15) is 6.23 Å². The largest absolute Gasteiger partial charge is 0.466 e. The lowest BCUT2D eigenvalue weighted by Gasteiger charge is -2.30. The van der Waals surface area contributed by atoms with Crippen LogP contribution in [-0.2, 0) is 9.53 Å². The zero-order valence-electron chi connectivity index (χ0n) is 49.5. The fraction of sp³-hybridized carbons (Fsp3) is 0.984. The summed E-state index contributed by atoms with van der Waals surface area (Å²) in [4.78, 5) is 20.2. The lowest BCUT2D eigenvalue weighted by molar-refractivity contribution is -0.143. The number of hydrogen-bond donors (Lipinski definition) is 2. The molecule has 0 aromatic rings. The highest BCUT2D eigenvalue weighted by atomic mass is 16.5. The van der Waals surface area contributed by atoms with Crippen molar-refractivity contribution in [1.82, 2.24) is 20.0 Å². The van der Waals surface area contributed by atoms with Crippen molar-refractivity contribution in [3.05, 3.63) is 0 Å². The Balaban J connectivity index is 4.91. The first-order valence-electron chi connectivity index (χ1n) is 32.7. The van der Waals surface area contributed by atoms with Gasteiger partial charge in [0.2, 0.25) is 0 Å². The van der Waals surface area contributed by atoms with Crippen LogP contribution in [0.1, 0.15) is 330 Å². The Morgan fingerprint density at radius 2 is 0.704 bits per heavy atom. The molecule has 0 radical (unpaired) electrons. The first-order valence-corrected chi connectivity index (χ1v) is 32.7. The van der Waals surface area contributed by atoms with Crippen LogP contribution in [0, 0.1) is 0 Å². The van der Waals surface area contributed by atoms with Gasteiger partial charge in [0.25, 0.3) is 0 Å². The van der Waals surface area contributed by atoms with Gasteiger partial charge in [-0.25, -0.2) is 0 Å². The summed E-state index contributed by atoms with van der Waals surface area (Å²) in [5, 5.41) is 15.4. The Labute approximate surface area is 447 Å². The van der Waals surface area contributed by atoms with Crippen molar-refractivity contribution in [2.24, 2.45) is 0 Å². The molecule has 0 rings (SSSR count). The molecular formula is C64H132N4O3. The van der Waals surface area contributed by atoms with Gasteiger partial charge >= 0.3 is 5.97 Å². The number of aliphatic hydroxyl groups is 1. The van der Waals surface area contributed by atoms with Crippen LogP contribution in [0.4, 0.5) is 0 Å². The Kier molecular flexibility index (Phi) is 59.5. The van der Waals surface area contributed by atoms with Crippen LogP contribution >= 0.6 is 0 Å². The van der Waals surface area contributed by atoms with E-state index in [1.165, 1.54) is 251 Å². The molecule has 2 N–H and O–H groups in total. The van der Waals surface area contributed by atoms with Gasteiger partial charge in [0.05, 0.1) is 6.61 Å². The summed E-state index contributed by atoms with van der Waals surface area (Å²) in [5.41, 5.74) is 0. The second-order valence-corrected chi connectivity index (χ2v) is 22.5. The molecule has 0 aromatic carbocycles. The van der Waals surface area contributed by atoms with Crippen LogP contribution in [0.3, 0.4) is 0 Å². The molecule has 0 saturated heterocycles. The molecule has 0 saturated carbocycles. The van der Waals surface area contributed by atoms with Crippen LogP contribution in [0.15, 0.2) is 0 Å². The third-order valence-corrected chi connectivity index (χ3v) is 15.4. The minimum absolute atomic E-state index is 0.0117. The minimum atomic E-state index is -0.361. The van der Waals surface area contributed by atoms with Crippen LogP contribution in [0.5, 0.6) is 0 Å². The van der Waals surface area contributed by atoms with E-state index < -0.39 is 0 Å². The van der Waals surface area contributed by atoms with Crippen molar-refractivity contribution >= 4 is 5.97 Å². The van der Waals surface area contributed by atoms with E-state index in [0.717, 1.165) is 104 Å². The van der Waals surface area contributed by atoms with E-state index in [1.54, 1.807) is 0 Å². The zero-order valence-corrected chi connectivity index (χ0v) is 49.5. The topological polar surface area (TPSA) is 68.3 Å². The van der Waals surface area contributed by atoms with E-state index in [-0.39, 0.29) is 12.2 Å². The summed E-state index contributed by atoms with van der Waals surface area (Å²) in [6.45, 7) is 22.9. The Morgan fingerprint density at radius 3 is 1.14 bits per heavy atom. The molecule has 0 aliphatic rings. The number of hydrogen-bond acceptors (Lipinski definition) is 7. The minimum Gasteiger partial charge on any atom is -0.466 e. The normalized spacial score (nSPS) is 12.4. The van der Waals surface area contributed by atoms with E-state index in [4.69, 9.17) is 4.74 Å². The van der Waals surface area contributed by atoms with Crippen molar-refractivity contribution in [2.45, 2.75) is 336 Å².